The van der Waals surface area contributed by atoms with E-state index < -0.39 is 53.8 Å². The highest BCUT2D eigenvalue weighted by atomic mass is 19.4. The topological polar surface area (TPSA) is 103 Å². The molecule has 0 saturated carbocycles. The molecular weight excluding hydrogens is 723 g/mol. The van der Waals surface area contributed by atoms with Gasteiger partial charge in [0.1, 0.15) is 18.7 Å². The summed E-state index contributed by atoms with van der Waals surface area (Å²) in [5.74, 6) is -1.03. The van der Waals surface area contributed by atoms with Crippen molar-refractivity contribution in [3.8, 4) is 0 Å². The van der Waals surface area contributed by atoms with Gasteiger partial charge < -0.3 is 24.8 Å². The first kappa shape index (κ1) is 39.1. The molecule has 4 saturated heterocycles. The van der Waals surface area contributed by atoms with Crippen molar-refractivity contribution in [3.05, 3.63) is 113 Å². The lowest BCUT2D eigenvalue weighted by atomic mass is 9.87. The van der Waals surface area contributed by atoms with E-state index in [0.29, 0.717) is 19.0 Å². The molecule has 296 valence electrons. The Hall–Kier alpha value is -5.17. The zero-order valence-electron chi connectivity index (χ0n) is 31.3. The lowest BCUT2D eigenvalue weighted by Crippen LogP contribution is -2.74. The van der Waals surface area contributed by atoms with Gasteiger partial charge in [-0.2, -0.15) is 13.2 Å². The van der Waals surface area contributed by atoms with Crippen LogP contribution in [0.4, 0.5) is 18.0 Å². The molecule has 4 atom stereocenters. The van der Waals surface area contributed by atoms with E-state index in [9.17, 15) is 32.3 Å². The van der Waals surface area contributed by atoms with Gasteiger partial charge in [0.25, 0.3) is 0 Å². The highest BCUT2D eigenvalue weighted by Crippen LogP contribution is 2.39. The van der Waals surface area contributed by atoms with Gasteiger partial charge >= 0.3 is 12.3 Å². The number of likely N-dealkylation sites (tertiary alicyclic amines) is 3. The second-order valence-corrected chi connectivity index (χ2v) is 15.2. The number of carbonyl (C=O) groups is 4. The molecule has 0 unspecified atom stereocenters. The first-order chi connectivity index (χ1) is 27.1. The minimum atomic E-state index is -4.57. The zero-order chi connectivity index (χ0) is 39.2. The number of amides is 4. The third kappa shape index (κ3) is 8.93. The first-order valence-electron chi connectivity index (χ1n) is 19.6. The van der Waals surface area contributed by atoms with Crippen molar-refractivity contribution in [2.75, 3.05) is 39.3 Å². The Morgan fingerprint density at radius 2 is 1.57 bits per heavy atom. The largest absolute Gasteiger partial charge is 0.447 e. The van der Waals surface area contributed by atoms with Crippen LogP contribution in [0.15, 0.2) is 91.0 Å². The Bertz CT molecular complexity index is 1880. The Morgan fingerprint density at radius 1 is 0.875 bits per heavy atom. The smallest absolute Gasteiger partial charge is 0.416 e. The van der Waals surface area contributed by atoms with E-state index in [4.69, 9.17) is 4.74 Å². The van der Waals surface area contributed by atoms with Gasteiger partial charge in [-0.25, -0.2) is 4.79 Å². The van der Waals surface area contributed by atoms with Crippen LogP contribution in [-0.2, 0) is 31.8 Å². The van der Waals surface area contributed by atoms with E-state index in [0.717, 1.165) is 55.7 Å². The van der Waals surface area contributed by atoms with Gasteiger partial charge in [-0.05, 0) is 73.5 Å². The molecule has 0 aliphatic carbocycles. The van der Waals surface area contributed by atoms with Crippen molar-refractivity contribution < 1.29 is 37.1 Å². The van der Waals surface area contributed by atoms with Crippen LogP contribution in [0.25, 0.3) is 6.08 Å². The van der Waals surface area contributed by atoms with E-state index in [-0.39, 0.29) is 31.0 Å². The van der Waals surface area contributed by atoms with Crippen LogP contribution < -0.4 is 5.32 Å². The van der Waals surface area contributed by atoms with Gasteiger partial charge in [-0.1, -0.05) is 91.4 Å². The molecule has 0 spiro atoms. The SMILES string of the molecule is O=C(NCc1cccc(C(F)(F)F)c1)[C@@H](CC(=O)N1CCC(CN2CCCCC2)CC1)N1C(=O)[C@@H](N2C(=O)OC[C@@H]2c2ccccc2)[C@H]1/C=C/c1ccccc1. The molecule has 1 N–H and O–H groups in total. The van der Waals surface area contributed by atoms with E-state index in [1.165, 1.54) is 41.2 Å². The van der Waals surface area contributed by atoms with Crippen LogP contribution in [0.5, 0.6) is 0 Å². The maximum atomic E-state index is 14.5. The molecule has 4 aliphatic heterocycles. The summed E-state index contributed by atoms with van der Waals surface area (Å²) in [5.41, 5.74) is 0.970. The second-order valence-electron chi connectivity index (χ2n) is 15.2. The summed E-state index contributed by atoms with van der Waals surface area (Å²) in [5, 5.41) is 2.72. The predicted octanol–water partition coefficient (Wildman–Crippen LogP) is 6.29. The molecule has 4 fully saturated rings. The average Bonchev–Trinajstić information content (AvgIpc) is 3.59. The number of hydrogen-bond acceptors (Lipinski definition) is 6. The quantitative estimate of drug-likeness (QED) is 0.217. The maximum Gasteiger partial charge on any atom is 0.416 e. The fraction of sp³-hybridized carbons (Fsp3) is 0.442. The number of piperidine rings is 2. The summed E-state index contributed by atoms with van der Waals surface area (Å²) < 4.78 is 46.0. The third-order valence-corrected chi connectivity index (χ3v) is 11.5. The van der Waals surface area contributed by atoms with Crippen molar-refractivity contribution in [1.82, 2.24) is 24.9 Å². The molecule has 4 heterocycles. The molecule has 3 aromatic rings. The molecule has 56 heavy (non-hydrogen) atoms. The highest BCUT2D eigenvalue weighted by molar-refractivity contribution is 5.99. The number of halogens is 3. The van der Waals surface area contributed by atoms with E-state index in [2.05, 4.69) is 10.2 Å². The molecule has 4 aliphatic rings. The molecule has 13 heteroatoms. The monoisotopic (exact) mass is 771 g/mol. The fourth-order valence-electron chi connectivity index (χ4n) is 8.45. The molecule has 7 rings (SSSR count). The van der Waals surface area contributed by atoms with Crippen molar-refractivity contribution in [2.24, 2.45) is 5.92 Å². The van der Waals surface area contributed by atoms with Crippen LogP contribution in [0.1, 0.15) is 66.8 Å². The number of benzene rings is 3. The molecule has 4 amide bonds. The van der Waals surface area contributed by atoms with Crippen molar-refractivity contribution in [2.45, 2.75) is 75.4 Å². The molecule has 0 aromatic heterocycles. The number of carbonyl (C=O) groups excluding carboxylic acids is 4. The minimum Gasteiger partial charge on any atom is -0.447 e. The van der Waals surface area contributed by atoms with Crippen molar-refractivity contribution in [1.29, 1.82) is 0 Å². The van der Waals surface area contributed by atoms with Crippen LogP contribution >= 0.6 is 0 Å². The Labute approximate surface area is 325 Å². The van der Waals surface area contributed by atoms with Crippen LogP contribution in [0.3, 0.4) is 0 Å². The number of alkyl halides is 3. The normalized spacial score (nSPS) is 22.9. The highest BCUT2D eigenvalue weighted by Gasteiger charge is 2.58. The summed E-state index contributed by atoms with van der Waals surface area (Å²) in [6.45, 7) is 4.05. The number of rotatable bonds is 12. The van der Waals surface area contributed by atoms with Gasteiger partial charge in [0, 0.05) is 26.2 Å². The molecular formula is C43H48F3N5O5. The Balaban J connectivity index is 1.15. The zero-order valence-corrected chi connectivity index (χ0v) is 31.3. The van der Waals surface area contributed by atoms with Crippen LogP contribution in [0.2, 0.25) is 0 Å². The predicted molar refractivity (Wildman–Crippen MR) is 204 cm³/mol. The summed E-state index contributed by atoms with van der Waals surface area (Å²) in [6, 6.07) is 19.5. The number of hydrogen-bond donors (Lipinski definition) is 1. The van der Waals surface area contributed by atoms with Gasteiger partial charge in [0.2, 0.25) is 17.7 Å². The standard InChI is InChI=1S/C43H48F3N5O5/c44-43(45,46)34-16-10-13-32(25-34)27-47-40(53)36(26-38(52)49-23-19-31(20-24-49)28-48-21-8-3-9-22-48)50-35(18-17-30-11-4-1-5-12-30)39(41(50)54)51-37(29-56-42(51)55)33-14-6-2-7-15-33/h1-2,4-7,10-18,25,31,35-37,39H,3,8-9,19-24,26-29H2,(H,47,53)/b18-17+/t35-,36-,37-,39+/m1/s1. The molecule has 10 nitrogen and oxygen atoms in total. The van der Waals surface area contributed by atoms with E-state index >= 15 is 0 Å². The maximum absolute atomic E-state index is 14.5. The molecule has 0 bridgehead atoms. The minimum absolute atomic E-state index is 0.0366. The number of cyclic esters (lactones) is 1. The summed E-state index contributed by atoms with van der Waals surface area (Å²) in [7, 11) is 0. The van der Waals surface area contributed by atoms with Crippen molar-refractivity contribution in [3.63, 3.8) is 0 Å². The lowest BCUT2D eigenvalue weighted by molar-refractivity contribution is -0.164. The fourth-order valence-corrected chi connectivity index (χ4v) is 8.45. The summed E-state index contributed by atoms with van der Waals surface area (Å²) in [4.78, 5) is 63.1. The summed E-state index contributed by atoms with van der Waals surface area (Å²) in [6.07, 6.45) is 3.35. The van der Waals surface area contributed by atoms with Crippen LogP contribution in [0, 0.1) is 5.92 Å². The molecule has 3 aromatic carbocycles. The van der Waals surface area contributed by atoms with E-state index in [1.807, 2.05) is 66.7 Å². The molecule has 0 radical (unpaired) electrons. The second kappa shape index (κ2) is 17.3. The van der Waals surface area contributed by atoms with Gasteiger partial charge in [0.15, 0.2) is 0 Å². The van der Waals surface area contributed by atoms with E-state index in [1.54, 1.807) is 11.0 Å². The lowest BCUT2D eigenvalue weighted by Gasteiger charge is -2.52. The van der Waals surface area contributed by atoms with Gasteiger partial charge in [-0.15, -0.1) is 0 Å². The number of nitrogens with one attached hydrogen (secondary N) is 1. The first-order valence-corrected chi connectivity index (χ1v) is 19.6. The number of β-lactam (4-membered cyclic amide) rings is 1. The van der Waals surface area contributed by atoms with Crippen LogP contribution in [-0.4, -0.2) is 101 Å². The Morgan fingerprint density at radius 3 is 2.27 bits per heavy atom. The Kier molecular flexibility index (Phi) is 12.1. The summed E-state index contributed by atoms with van der Waals surface area (Å²) >= 11 is 0. The van der Waals surface area contributed by atoms with Gasteiger partial charge in [-0.3, -0.25) is 19.3 Å². The van der Waals surface area contributed by atoms with Crippen molar-refractivity contribution >= 4 is 29.9 Å². The number of nitrogens with zero attached hydrogens (tertiary/aromatic N) is 4. The van der Waals surface area contributed by atoms with Gasteiger partial charge in [0.05, 0.1) is 24.1 Å². The average molecular weight is 772 g/mol. The number of ether oxygens (including phenoxy) is 1. The third-order valence-electron chi connectivity index (χ3n) is 11.5.